The molecule has 1 heterocycles. The van der Waals surface area contributed by atoms with E-state index in [0.29, 0.717) is 28.4 Å². The maximum absolute atomic E-state index is 12.8. The zero-order valence-electron chi connectivity index (χ0n) is 16.3. The highest BCUT2D eigenvalue weighted by Gasteiger charge is 2.38. The summed E-state index contributed by atoms with van der Waals surface area (Å²) in [6.07, 6.45) is 0. The summed E-state index contributed by atoms with van der Waals surface area (Å²) in [5.74, 6) is -1.38. The number of carbonyl (C=O) groups excluding carboxylic acids is 3. The number of nitrogens with zero attached hydrogens (tertiary/aromatic N) is 1. The molecule has 160 valence electrons. The van der Waals surface area contributed by atoms with Crippen molar-refractivity contribution in [1.29, 1.82) is 0 Å². The molecule has 7 nitrogen and oxygen atoms in total. The highest BCUT2D eigenvalue weighted by atomic mass is 79.9. The second-order valence-corrected chi connectivity index (χ2v) is 8.07. The Hall–Kier alpha value is -3.62. The van der Waals surface area contributed by atoms with E-state index in [1.165, 1.54) is 12.1 Å². The number of nitrogens with two attached hydrogens (primary N) is 1. The van der Waals surface area contributed by atoms with Gasteiger partial charge in [0, 0.05) is 15.8 Å². The molecule has 2 amide bonds. The number of nitrogens with one attached hydrogen (secondary N) is 1. The van der Waals surface area contributed by atoms with Crippen molar-refractivity contribution in [3.05, 3.63) is 93.6 Å². The number of benzene rings is 3. The largest absolute Gasteiger partial charge is 0.423 e. The van der Waals surface area contributed by atoms with Crippen LogP contribution in [0.3, 0.4) is 0 Å². The van der Waals surface area contributed by atoms with Gasteiger partial charge in [-0.05, 0) is 72.8 Å². The van der Waals surface area contributed by atoms with Gasteiger partial charge < -0.3 is 15.8 Å². The van der Waals surface area contributed by atoms with Crippen LogP contribution in [-0.4, -0.2) is 17.8 Å². The molecule has 4 rings (SSSR count). The first-order valence-corrected chi connectivity index (χ1v) is 10.5. The van der Waals surface area contributed by atoms with Crippen molar-refractivity contribution in [1.82, 2.24) is 0 Å². The maximum Gasteiger partial charge on any atom is 0.343 e. The quantitative estimate of drug-likeness (QED) is 0.223. The number of rotatable bonds is 5. The van der Waals surface area contributed by atoms with Crippen molar-refractivity contribution in [3.8, 4) is 5.75 Å². The van der Waals surface area contributed by atoms with Crippen LogP contribution in [0.2, 0.25) is 0 Å². The highest BCUT2D eigenvalue weighted by Crippen LogP contribution is 2.31. The van der Waals surface area contributed by atoms with Gasteiger partial charge >= 0.3 is 5.97 Å². The van der Waals surface area contributed by atoms with Crippen molar-refractivity contribution < 1.29 is 19.1 Å². The van der Waals surface area contributed by atoms with Crippen LogP contribution in [-0.2, 0) is 9.59 Å². The van der Waals surface area contributed by atoms with Crippen LogP contribution in [0.15, 0.2) is 88.0 Å². The van der Waals surface area contributed by atoms with Crippen LogP contribution in [0.5, 0.6) is 5.75 Å². The fourth-order valence-corrected chi connectivity index (χ4v) is 3.45. The van der Waals surface area contributed by atoms with Crippen molar-refractivity contribution in [2.45, 2.75) is 0 Å². The second-order valence-electron chi connectivity index (χ2n) is 6.77. The molecule has 1 aliphatic rings. The first-order valence-electron chi connectivity index (χ1n) is 9.32. The van der Waals surface area contributed by atoms with Gasteiger partial charge in [0.05, 0.1) is 11.3 Å². The molecule has 32 heavy (non-hydrogen) atoms. The number of nitrogen functional groups attached to an aromatic ring is 1. The van der Waals surface area contributed by atoms with Gasteiger partial charge in [-0.3, -0.25) is 9.59 Å². The van der Waals surface area contributed by atoms with Gasteiger partial charge in [-0.25, -0.2) is 9.69 Å². The van der Waals surface area contributed by atoms with Crippen LogP contribution in [0.4, 0.5) is 17.1 Å². The van der Waals surface area contributed by atoms with E-state index in [2.05, 4.69) is 21.2 Å². The Kier molecular flexibility index (Phi) is 5.98. The molecule has 3 N–H and O–H groups in total. The molecule has 3 aromatic rings. The number of ether oxygens (including phenoxy) is 1. The molecule has 3 aromatic carbocycles. The van der Waals surface area contributed by atoms with Gasteiger partial charge in [-0.15, -0.1) is 0 Å². The van der Waals surface area contributed by atoms with Gasteiger partial charge in [0.2, 0.25) is 0 Å². The second kappa shape index (κ2) is 8.86. The van der Waals surface area contributed by atoms with Gasteiger partial charge in [0.1, 0.15) is 16.5 Å². The summed E-state index contributed by atoms with van der Waals surface area (Å²) in [5, 5.41) is 2.65. The van der Waals surface area contributed by atoms with Crippen LogP contribution in [0.1, 0.15) is 10.4 Å². The summed E-state index contributed by atoms with van der Waals surface area (Å²) >= 11 is 9.46. The number of amides is 2. The Morgan fingerprint density at radius 1 is 0.906 bits per heavy atom. The zero-order valence-corrected chi connectivity index (χ0v) is 18.7. The van der Waals surface area contributed by atoms with Gasteiger partial charge in [0.25, 0.3) is 11.8 Å². The Bertz CT molecular complexity index is 1240. The van der Waals surface area contributed by atoms with E-state index in [0.717, 1.165) is 9.37 Å². The van der Waals surface area contributed by atoms with E-state index >= 15 is 0 Å². The molecule has 0 bridgehead atoms. The normalized spacial score (nSPS) is 13.5. The lowest BCUT2D eigenvalue weighted by Gasteiger charge is -2.15. The van der Waals surface area contributed by atoms with Crippen LogP contribution < -0.4 is 20.7 Å². The number of anilines is 3. The summed E-state index contributed by atoms with van der Waals surface area (Å²) in [4.78, 5) is 38.7. The highest BCUT2D eigenvalue weighted by molar-refractivity contribution is 9.10. The number of hydrogen-bond donors (Lipinski definition) is 2. The fraction of sp³-hybridized carbons (Fsp3) is 0. The molecular weight excluding hydrogens is 498 g/mol. The molecule has 9 heteroatoms. The molecule has 0 fully saturated rings. The lowest BCUT2D eigenvalue weighted by atomic mass is 10.2. The van der Waals surface area contributed by atoms with E-state index in [4.69, 9.17) is 22.1 Å². The summed E-state index contributed by atoms with van der Waals surface area (Å²) in [5.41, 5.74) is 7.31. The lowest BCUT2D eigenvalue weighted by molar-refractivity contribution is -0.120. The summed E-state index contributed by atoms with van der Waals surface area (Å²) in [6.45, 7) is 0. The standard InChI is InChI=1S/C23H15BrClN3O4/c24-14-3-9-17(10-4-14)28-21(29)19(25)20(22(28)30)27-16-7-1-13(2-8-16)23(31)32-18-11-5-15(26)6-12-18/h1-12,27H,26H2. The number of halogens is 2. The van der Waals surface area contributed by atoms with E-state index < -0.39 is 17.8 Å². The van der Waals surface area contributed by atoms with Crippen LogP contribution in [0.25, 0.3) is 0 Å². The third-order valence-electron chi connectivity index (χ3n) is 4.59. The Labute approximate surface area is 196 Å². The summed E-state index contributed by atoms with van der Waals surface area (Å²) in [7, 11) is 0. The summed E-state index contributed by atoms with van der Waals surface area (Å²) in [6, 6.07) is 19.4. The smallest absolute Gasteiger partial charge is 0.343 e. The Morgan fingerprint density at radius 3 is 2.16 bits per heavy atom. The predicted octanol–water partition coefficient (Wildman–Crippen LogP) is 4.69. The third kappa shape index (κ3) is 4.37. The first kappa shape index (κ1) is 21.6. The average Bonchev–Trinajstić information content (AvgIpc) is 3.00. The first-order chi connectivity index (χ1) is 15.3. The SMILES string of the molecule is Nc1ccc(OC(=O)c2ccc(NC3=C(Cl)C(=O)N(c4ccc(Br)cc4)C3=O)cc2)cc1. The van der Waals surface area contributed by atoms with E-state index in [1.54, 1.807) is 60.7 Å². The summed E-state index contributed by atoms with van der Waals surface area (Å²) < 4.78 is 6.11. The van der Waals surface area contributed by atoms with Crippen molar-refractivity contribution in [3.63, 3.8) is 0 Å². The van der Waals surface area contributed by atoms with Gasteiger partial charge in [-0.1, -0.05) is 27.5 Å². The van der Waals surface area contributed by atoms with E-state index in [1.807, 2.05) is 0 Å². The van der Waals surface area contributed by atoms with E-state index in [-0.39, 0.29) is 10.7 Å². The molecule has 1 aliphatic heterocycles. The minimum atomic E-state index is -0.620. The molecular formula is C23H15BrClN3O4. The molecule has 0 saturated heterocycles. The lowest BCUT2D eigenvalue weighted by Crippen LogP contribution is -2.32. The van der Waals surface area contributed by atoms with Gasteiger partial charge in [0.15, 0.2) is 0 Å². The fourth-order valence-electron chi connectivity index (χ4n) is 2.97. The van der Waals surface area contributed by atoms with Crippen molar-refractivity contribution in [2.75, 3.05) is 16.0 Å². The molecule has 0 saturated carbocycles. The minimum absolute atomic E-state index is 0.0446. The van der Waals surface area contributed by atoms with Gasteiger partial charge in [-0.2, -0.15) is 0 Å². The minimum Gasteiger partial charge on any atom is -0.423 e. The average molecular weight is 513 g/mol. The monoisotopic (exact) mass is 511 g/mol. The third-order valence-corrected chi connectivity index (χ3v) is 5.47. The Balaban J connectivity index is 1.47. The van der Waals surface area contributed by atoms with Crippen molar-refractivity contribution >= 4 is 62.4 Å². The zero-order chi connectivity index (χ0) is 22.8. The Morgan fingerprint density at radius 2 is 1.53 bits per heavy atom. The number of esters is 1. The van der Waals surface area contributed by atoms with Crippen LogP contribution >= 0.6 is 27.5 Å². The maximum atomic E-state index is 12.8. The molecule has 0 spiro atoms. The molecule has 0 unspecified atom stereocenters. The number of hydrogen-bond acceptors (Lipinski definition) is 6. The predicted molar refractivity (Wildman–Crippen MR) is 125 cm³/mol. The topological polar surface area (TPSA) is 102 Å². The molecule has 0 aromatic heterocycles. The molecule has 0 radical (unpaired) electrons. The molecule has 0 aliphatic carbocycles. The number of carbonyl (C=O) groups is 3. The number of imide groups is 1. The molecule has 0 atom stereocenters. The van der Waals surface area contributed by atoms with E-state index in [9.17, 15) is 14.4 Å². The van der Waals surface area contributed by atoms with Crippen LogP contribution in [0, 0.1) is 0 Å². The van der Waals surface area contributed by atoms with Crippen molar-refractivity contribution in [2.24, 2.45) is 0 Å².